The van der Waals surface area contributed by atoms with Gasteiger partial charge in [0.2, 0.25) is 11.9 Å². The molecule has 3 heterocycles. The van der Waals surface area contributed by atoms with Crippen molar-refractivity contribution >= 4 is 58.3 Å². The average molecular weight is 641 g/mol. The van der Waals surface area contributed by atoms with Crippen molar-refractivity contribution in [3.05, 3.63) is 70.4 Å². The molecule has 232 valence electrons. The zero-order valence-electron chi connectivity index (χ0n) is 25.1. The summed E-state index contributed by atoms with van der Waals surface area (Å²) in [4.78, 5) is 43.6. The first-order valence-electron chi connectivity index (χ1n) is 14.2. The summed E-state index contributed by atoms with van der Waals surface area (Å²) in [6, 6.07) is 10.6. The van der Waals surface area contributed by atoms with Crippen molar-refractivity contribution in [2.75, 3.05) is 63.1 Å². The van der Waals surface area contributed by atoms with Gasteiger partial charge in [0, 0.05) is 55.3 Å². The molecule has 5 rings (SSSR count). The molecule has 2 aliphatic heterocycles. The number of anilines is 4. The lowest BCUT2D eigenvalue weighted by molar-refractivity contribution is -0.127. The van der Waals surface area contributed by atoms with E-state index in [4.69, 9.17) is 37.7 Å². The molecule has 1 fully saturated rings. The fourth-order valence-corrected chi connectivity index (χ4v) is 6.02. The minimum atomic E-state index is -0.350. The third kappa shape index (κ3) is 6.54. The minimum Gasteiger partial charge on any atom is -0.495 e. The third-order valence-electron chi connectivity index (χ3n) is 7.56. The molecule has 2 aromatic carbocycles. The lowest BCUT2D eigenvalue weighted by atomic mass is 10.0. The molecule has 1 aromatic heterocycles. The van der Waals surface area contributed by atoms with Gasteiger partial charge in [0.05, 0.1) is 26.5 Å². The molecule has 3 aromatic rings. The van der Waals surface area contributed by atoms with Crippen LogP contribution in [0.3, 0.4) is 0 Å². The van der Waals surface area contributed by atoms with Crippen molar-refractivity contribution in [3.63, 3.8) is 0 Å². The molecular weight excluding hydrogens is 605 g/mol. The van der Waals surface area contributed by atoms with E-state index < -0.39 is 0 Å². The summed E-state index contributed by atoms with van der Waals surface area (Å²) in [5, 5.41) is 3.59. The lowest BCUT2D eigenvalue weighted by Gasteiger charge is -2.43. The number of likely N-dealkylation sites (N-methyl/N-ethyl adjacent to an activating group) is 1. The predicted molar refractivity (Wildman–Crippen MR) is 173 cm³/mol. The topological polar surface area (TPSA) is 103 Å². The van der Waals surface area contributed by atoms with E-state index in [1.54, 1.807) is 28.1 Å². The Morgan fingerprint density at radius 2 is 1.75 bits per heavy atom. The molecule has 11 nitrogen and oxygen atoms in total. The number of ether oxygens (including phenoxy) is 2. The van der Waals surface area contributed by atoms with Gasteiger partial charge in [0.15, 0.2) is 0 Å². The van der Waals surface area contributed by atoms with E-state index in [0.717, 1.165) is 5.69 Å². The van der Waals surface area contributed by atoms with Crippen LogP contribution in [0.5, 0.6) is 11.5 Å². The van der Waals surface area contributed by atoms with Gasteiger partial charge in [-0.1, -0.05) is 47.5 Å². The molecule has 0 atom stereocenters. The molecular formula is C31H35Cl2N7O4. The molecule has 0 unspecified atom stereocenters. The smallest absolute Gasteiger partial charge is 0.330 e. The highest BCUT2D eigenvalue weighted by molar-refractivity contribution is 6.42. The van der Waals surface area contributed by atoms with Crippen LogP contribution >= 0.6 is 23.2 Å². The molecule has 1 N–H and O–H groups in total. The van der Waals surface area contributed by atoms with Crippen LogP contribution in [0.4, 0.5) is 27.9 Å². The van der Waals surface area contributed by atoms with Crippen molar-refractivity contribution in [1.29, 1.82) is 0 Å². The number of likely N-dealkylation sites (tertiary alicyclic amines) is 1. The Morgan fingerprint density at radius 1 is 1.09 bits per heavy atom. The zero-order chi connectivity index (χ0) is 31.4. The molecule has 0 spiro atoms. The number of rotatable bonds is 9. The fraction of sp³-hybridized carbons (Fsp3) is 0.355. The summed E-state index contributed by atoms with van der Waals surface area (Å²) in [5.41, 5.74) is 1.80. The Bertz CT molecular complexity index is 1520. The first-order chi connectivity index (χ1) is 21.2. The van der Waals surface area contributed by atoms with Gasteiger partial charge in [-0.3, -0.25) is 14.6 Å². The largest absolute Gasteiger partial charge is 0.495 e. The Morgan fingerprint density at radius 3 is 2.36 bits per heavy atom. The number of nitrogens with zero attached hydrogens (tertiary/aromatic N) is 6. The molecule has 0 bridgehead atoms. The number of urea groups is 1. The summed E-state index contributed by atoms with van der Waals surface area (Å²) in [6.07, 6.45) is 6.28. The van der Waals surface area contributed by atoms with Crippen LogP contribution in [-0.4, -0.2) is 85.7 Å². The number of halogens is 2. The number of aromatic nitrogens is 2. The van der Waals surface area contributed by atoms with Gasteiger partial charge in [-0.25, -0.2) is 9.78 Å². The number of nitrogens with one attached hydrogen (secondary N) is 1. The molecule has 0 radical (unpaired) electrons. The maximum atomic E-state index is 14.5. The van der Waals surface area contributed by atoms with Gasteiger partial charge in [-0.05, 0) is 39.1 Å². The second-order valence-electron chi connectivity index (χ2n) is 10.8. The fourth-order valence-electron chi connectivity index (χ4n) is 5.31. The lowest BCUT2D eigenvalue weighted by Crippen LogP contribution is -2.55. The zero-order valence-corrected chi connectivity index (χ0v) is 26.6. The first kappa shape index (κ1) is 31.4. The van der Waals surface area contributed by atoms with Crippen LogP contribution < -0.4 is 24.6 Å². The molecule has 0 aliphatic carbocycles. The number of para-hydroxylation sites is 1. The molecule has 0 saturated carbocycles. The van der Waals surface area contributed by atoms with Crippen molar-refractivity contribution in [2.45, 2.75) is 25.4 Å². The summed E-state index contributed by atoms with van der Waals surface area (Å²) in [5.74, 6) is 1.45. The van der Waals surface area contributed by atoms with Crippen LogP contribution in [0.15, 0.2) is 54.7 Å². The van der Waals surface area contributed by atoms with Crippen molar-refractivity contribution < 1.29 is 19.1 Å². The number of fused-ring (bicyclic) bond motifs is 1. The van der Waals surface area contributed by atoms with Crippen molar-refractivity contribution in [3.8, 4) is 11.5 Å². The standard InChI is InChI=1S/C31H35Cl2N7O4/c1-37(2)14-8-11-25(41)38-15-12-22(13-16-38)40-29-20(18-34-30(36-29)35-21-9-6-5-7-10-21)19-39(31(40)42)28-26(32)23(43-3)17-24(44-4)27(28)33/h5-11,17-18,22H,12-16,19H2,1-4H3,(H,34,35,36)/b11-8+. The highest BCUT2D eigenvalue weighted by Crippen LogP contribution is 2.48. The van der Waals surface area contributed by atoms with E-state index in [9.17, 15) is 9.59 Å². The Labute approximate surface area is 267 Å². The number of carbonyl (C=O) groups excluding carboxylic acids is 2. The average Bonchev–Trinajstić information content (AvgIpc) is 3.02. The van der Waals surface area contributed by atoms with Gasteiger partial charge in [-0.2, -0.15) is 4.98 Å². The van der Waals surface area contributed by atoms with Gasteiger partial charge < -0.3 is 24.6 Å². The van der Waals surface area contributed by atoms with Gasteiger partial charge in [0.1, 0.15) is 27.4 Å². The normalized spacial score (nSPS) is 15.6. The van der Waals surface area contributed by atoms with E-state index >= 15 is 0 Å². The maximum absolute atomic E-state index is 14.5. The number of hydrogen-bond acceptors (Lipinski definition) is 8. The minimum absolute atomic E-state index is 0.0454. The van der Waals surface area contributed by atoms with Crippen LogP contribution in [0.1, 0.15) is 18.4 Å². The van der Waals surface area contributed by atoms with E-state index in [1.807, 2.05) is 55.4 Å². The highest BCUT2D eigenvalue weighted by Gasteiger charge is 2.41. The van der Waals surface area contributed by atoms with E-state index in [0.29, 0.717) is 61.3 Å². The Hall–Kier alpha value is -4.06. The van der Waals surface area contributed by atoms with Crippen LogP contribution in [0, 0.1) is 0 Å². The number of piperidine rings is 1. The van der Waals surface area contributed by atoms with Crippen molar-refractivity contribution in [2.24, 2.45) is 0 Å². The Balaban J connectivity index is 1.50. The molecule has 13 heteroatoms. The second-order valence-corrected chi connectivity index (χ2v) is 11.5. The van der Waals surface area contributed by atoms with Gasteiger partial charge in [-0.15, -0.1) is 0 Å². The number of methoxy groups -OCH3 is 2. The number of benzene rings is 2. The van der Waals surface area contributed by atoms with Gasteiger partial charge in [0.25, 0.3) is 0 Å². The van der Waals surface area contributed by atoms with Gasteiger partial charge >= 0.3 is 6.03 Å². The number of carbonyl (C=O) groups is 2. The van der Waals surface area contributed by atoms with Crippen LogP contribution in [-0.2, 0) is 11.3 Å². The molecule has 2 aliphatic rings. The predicted octanol–water partition coefficient (Wildman–Crippen LogP) is 5.60. The summed E-state index contributed by atoms with van der Waals surface area (Å²) in [6.45, 7) is 1.78. The van der Waals surface area contributed by atoms with E-state index in [2.05, 4.69) is 10.3 Å². The molecule has 44 heavy (non-hydrogen) atoms. The van der Waals surface area contributed by atoms with E-state index in [-0.39, 0.29) is 40.3 Å². The maximum Gasteiger partial charge on any atom is 0.330 e. The summed E-state index contributed by atoms with van der Waals surface area (Å²) >= 11 is 13.5. The summed E-state index contributed by atoms with van der Waals surface area (Å²) < 4.78 is 10.9. The number of hydrogen-bond donors (Lipinski definition) is 1. The molecule has 3 amide bonds. The number of amides is 3. The van der Waals surface area contributed by atoms with Crippen LogP contribution in [0.2, 0.25) is 10.0 Å². The van der Waals surface area contributed by atoms with Crippen molar-refractivity contribution in [1.82, 2.24) is 19.8 Å². The SMILES string of the molecule is COc1cc(OC)c(Cl)c(N2Cc3cnc(Nc4ccccc4)nc3N(C3CCN(C(=O)/C=C/CN(C)C)CC3)C2=O)c1Cl. The Kier molecular flexibility index (Phi) is 9.77. The highest BCUT2D eigenvalue weighted by atomic mass is 35.5. The molecule has 1 saturated heterocycles. The van der Waals surface area contributed by atoms with Crippen LogP contribution in [0.25, 0.3) is 0 Å². The summed E-state index contributed by atoms with van der Waals surface area (Å²) in [7, 11) is 6.86. The first-order valence-corrected chi connectivity index (χ1v) is 15.0. The second kappa shape index (κ2) is 13.7. The quantitative estimate of drug-likeness (QED) is 0.302. The monoisotopic (exact) mass is 639 g/mol. The van der Waals surface area contributed by atoms with E-state index in [1.165, 1.54) is 19.1 Å². The third-order valence-corrected chi connectivity index (χ3v) is 8.29.